The molecule has 1 aliphatic heterocycles. The van der Waals surface area contributed by atoms with Gasteiger partial charge in [-0.25, -0.2) is 8.42 Å². The molecule has 31 heavy (non-hydrogen) atoms. The van der Waals surface area contributed by atoms with Crippen LogP contribution in [0.2, 0.25) is 0 Å². The summed E-state index contributed by atoms with van der Waals surface area (Å²) < 4.78 is 27.9. The Morgan fingerprint density at radius 3 is 2.39 bits per heavy atom. The molecule has 1 N–H and O–H groups in total. The average Bonchev–Trinajstić information content (AvgIpc) is 3.23. The molecule has 0 atom stereocenters. The normalized spacial score (nSPS) is 17.5. The molecule has 0 bridgehead atoms. The fourth-order valence-corrected chi connectivity index (χ4v) is 6.29. The van der Waals surface area contributed by atoms with E-state index in [1.54, 1.807) is 10.4 Å². The van der Waals surface area contributed by atoms with Gasteiger partial charge in [-0.3, -0.25) is 4.79 Å². The highest BCUT2D eigenvalue weighted by Crippen LogP contribution is 2.29. The Morgan fingerprint density at radius 1 is 1.00 bits per heavy atom. The molecule has 0 spiro atoms. The van der Waals surface area contributed by atoms with Crippen LogP contribution in [-0.2, 0) is 40.5 Å². The quantitative estimate of drug-likeness (QED) is 0.717. The summed E-state index contributed by atoms with van der Waals surface area (Å²) in [7, 11) is -3.40. The van der Waals surface area contributed by atoms with Crippen LogP contribution in [0.1, 0.15) is 48.4 Å². The summed E-state index contributed by atoms with van der Waals surface area (Å²) in [6.07, 6.45) is 6.80. The van der Waals surface area contributed by atoms with Gasteiger partial charge in [0, 0.05) is 26.6 Å². The summed E-state index contributed by atoms with van der Waals surface area (Å²) in [5.74, 6) is 0.512. The van der Waals surface area contributed by atoms with Crippen molar-refractivity contribution in [2.45, 2.75) is 56.8 Å². The van der Waals surface area contributed by atoms with Crippen molar-refractivity contribution >= 4 is 15.9 Å². The fraction of sp³-hybridized carbons (Fsp3) is 0.480. The van der Waals surface area contributed by atoms with Gasteiger partial charge in [0.25, 0.3) is 0 Å². The molecule has 0 radical (unpaired) electrons. The summed E-state index contributed by atoms with van der Waals surface area (Å²) in [5.41, 5.74) is 5.02. The third-order valence-electron chi connectivity index (χ3n) is 6.62. The second-order valence-electron chi connectivity index (χ2n) is 8.89. The molecule has 2 aromatic carbocycles. The second kappa shape index (κ2) is 9.53. The summed E-state index contributed by atoms with van der Waals surface area (Å²) in [4.78, 5) is 11.4. The van der Waals surface area contributed by atoms with Gasteiger partial charge in [-0.15, -0.1) is 0 Å². The lowest BCUT2D eigenvalue weighted by Crippen LogP contribution is -2.38. The Bertz CT molecular complexity index is 1020. The van der Waals surface area contributed by atoms with Crippen LogP contribution in [0, 0.1) is 5.92 Å². The van der Waals surface area contributed by atoms with Crippen molar-refractivity contribution in [2.24, 2.45) is 5.92 Å². The van der Waals surface area contributed by atoms with Gasteiger partial charge in [0.15, 0.2) is 0 Å². The number of fused-ring (bicyclic) bond motifs is 1. The van der Waals surface area contributed by atoms with Gasteiger partial charge >= 0.3 is 0 Å². The molecule has 2 aliphatic rings. The van der Waals surface area contributed by atoms with Crippen molar-refractivity contribution in [1.29, 1.82) is 0 Å². The van der Waals surface area contributed by atoms with Crippen molar-refractivity contribution in [3.63, 3.8) is 0 Å². The largest absolute Gasteiger partial charge is 0.356 e. The number of nitrogens with one attached hydrogen (secondary N) is 1. The number of carbonyl (C=O) groups is 1. The molecule has 0 saturated carbocycles. The molecule has 0 aromatic heterocycles. The zero-order valence-corrected chi connectivity index (χ0v) is 19.1. The predicted molar refractivity (Wildman–Crippen MR) is 122 cm³/mol. The standard InChI is InChI=1S/C25H32N2O3S/c1-19(28)26-14-11-20-5-7-21(8-6-20)17-22-12-15-27(16-13-22)31(29,30)25-10-9-23-3-2-4-24(23)18-25/h5-10,18,22H,2-4,11-17H2,1H3,(H,26,28). The number of benzene rings is 2. The van der Waals surface area contributed by atoms with E-state index >= 15 is 0 Å². The van der Waals surface area contributed by atoms with Gasteiger partial charge < -0.3 is 5.32 Å². The minimum absolute atomic E-state index is 0.00107. The average molecular weight is 441 g/mol. The minimum Gasteiger partial charge on any atom is -0.356 e. The van der Waals surface area contributed by atoms with E-state index in [0.29, 0.717) is 30.4 Å². The number of hydrogen-bond acceptors (Lipinski definition) is 3. The number of sulfonamides is 1. The lowest BCUT2D eigenvalue weighted by molar-refractivity contribution is -0.118. The Kier molecular flexibility index (Phi) is 6.77. The molecular weight excluding hydrogens is 408 g/mol. The van der Waals surface area contributed by atoms with Gasteiger partial charge in [0.05, 0.1) is 4.90 Å². The first-order chi connectivity index (χ1) is 14.9. The first-order valence-corrected chi connectivity index (χ1v) is 12.8. The van der Waals surface area contributed by atoms with Gasteiger partial charge in [0.1, 0.15) is 0 Å². The molecule has 5 nitrogen and oxygen atoms in total. The summed E-state index contributed by atoms with van der Waals surface area (Å²) in [6, 6.07) is 14.3. The van der Waals surface area contributed by atoms with Crippen LogP contribution in [0.3, 0.4) is 0 Å². The van der Waals surface area contributed by atoms with E-state index in [0.717, 1.165) is 44.9 Å². The van der Waals surface area contributed by atoms with Crippen LogP contribution < -0.4 is 5.32 Å². The van der Waals surface area contributed by atoms with E-state index in [1.807, 2.05) is 12.1 Å². The smallest absolute Gasteiger partial charge is 0.243 e. The zero-order valence-electron chi connectivity index (χ0n) is 18.3. The van der Waals surface area contributed by atoms with Crippen molar-refractivity contribution in [2.75, 3.05) is 19.6 Å². The van der Waals surface area contributed by atoms with Crippen molar-refractivity contribution in [3.05, 3.63) is 64.7 Å². The monoisotopic (exact) mass is 440 g/mol. The van der Waals surface area contributed by atoms with Crippen LogP contribution >= 0.6 is 0 Å². The molecule has 6 heteroatoms. The number of piperidine rings is 1. The third kappa shape index (κ3) is 5.36. The van der Waals surface area contributed by atoms with E-state index < -0.39 is 10.0 Å². The molecular formula is C25H32N2O3S. The van der Waals surface area contributed by atoms with Crippen LogP contribution in [0.25, 0.3) is 0 Å². The van der Waals surface area contributed by atoms with Crippen molar-refractivity contribution < 1.29 is 13.2 Å². The molecule has 1 amide bonds. The maximum absolute atomic E-state index is 13.1. The Balaban J connectivity index is 1.30. The number of amides is 1. The van der Waals surface area contributed by atoms with Crippen LogP contribution in [0.4, 0.5) is 0 Å². The van der Waals surface area contributed by atoms with E-state index in [4.69, 9.17) is 0 Å². The number of carbonyl (C=O) groups excluding carboxylic acids is 1. The van der Waals surface area contributed by atoms with E-state index in [1.165, 1.54) is 29.2 Å². The van der Waals surface area contributed by atoms with Crippen LogP contribution in [-0.4, -0.2) is 38.3 Å². The predicted octanol–water partition coefficient (Wildman–Crippen LogP) is 3.50. The molecule has 1 saturated heterocycles. The van der Waals surface area contributed by atoms with Gasteiger partial charge in [-0.1, -0.05) is 30.3 Å². The maximum Gasteiger partial charge on any atom is 0.243 e. The first-order valence-electron chi connectivity index (χ1n) is 11.4. The maximum atomic E-state index is 13.1. The number of nitrogens with zero attached hydrogens (tertiary/aromatic N) is 1. The fourth-order valence-electron chi connectivity index (χ4n) is 4.77. The lowest BCUT2D eigenvalue weighted by atomic mass is 9.90. The Labute approximate surface area is 185 Å². The number of hydrogen-bond donors (Lipinski definition) is 1. The third-order valence-corrected chi connectivity index (χ3v) is 8.51. The van der Waals surface area contributed by atoms with Crippen molar-refractivity contribution in [1.82, 2.24) is 9.62 Å². The van der Waals surface area contributed by atoms with E-state index in [2.05, 4.69) is 29.6 Å². The molecule has 1 heterocycles. The molecule has 1 fully saturated rings. The Hall–Kier alpha value is -2.18. The van der Waals surface area contributed by atoms with E-state index in [-0.39, 0.29) is 5.91 Å². The van der Waals surface area contributed by atoms with Crippen LogP contribution in [0.15, 0.2) is 47.4 Å². The SMILES string of the molecule is CC(=O)NCCc1ccc(CC2CCN(S(=O)(=O)c3ccc4c(c3)CCC4)CC2)cc1. The zero-order chi connectivity index (χ0) is 21.8. The molecule has 1 aliphatic carbocycles. The number of aryl methyl sites for hydroxylation is 2. The lowest BCUT2D eigenvalue weighted by Gasteiger charge is -2.31. The van der Waals surface area contributed by atoms with Crippen molar-refractivity contribution in [3.8, 4) is 0 Å². The highest BCUT2D eigenvalue weighted by atomic mass is 32.2. The highest BCUT2D eigenvalue weighted by molar-refractivity contribution is 7.89. The topological polar surface area (TPSA) is 66.5 Å². The summed E-state index contributed by atoms with van der Waals surface area (Å²) in [6.45, 7) is 3.38. The minimum atomic E-state index is -3.40. The molecule has 2 aromatic rings. The molecule has 0 unspecified atom stereocenters. The van der Waals surface area contributed by atoms with Gasteiger partial charge in [-0.2, -0.15) is 4.31 Å². The molecule has 166 valence electrons. The summed E-state index contributed by atoms with van der Waals surface area (Å²) in [5, 5.41) is 2.82. The van der Waals surface area contributed by atoms with Gasteiger partial charge in [0.2, 0.25) is 15.9 Å². The summed E-state index contributed by atoms with van der Waals surface area (Å²) >= 11 is 0. The molecule has 4 rings (SSSR count). The van der Waals surface area contributed by atoms with Gasteiger partial charge in [-0.05, 0) is 85.3 Å². The Morgan fingerprint density at radius 2 is 1.68 bits per heavy atom. The van der Waals surface area contributed by atoms with Crippen LogP contribution in [0.5, 0.6) is 0 Å². The highest BCUT2D eigenvalue weighted by Gasteiger charge is 2.30. The first kappa shape index (κ1) is 22.0. The second-order valence-corrected chi connectivity index (χ2v) is 10.8. The van der Waals surface area contributed by atoms with E-state index in [9.17, 15) is 13.2 Å². The number of rotatable bonds is 7.